The Bertz CT molecular complexity index is 597. The van der Waals surface area contributed by atoms with E-state index in [9.17, 15) is 4.79 Å². The number of halogens is 1. The summed E-state index contributed by atoms with van der Waals surface area (Å²) >= 11 is 3.38. The molecular formula is C12H13BrN4O2. The molecule has 0 atom stereocenters. The molecule has 19 heavy (non-hydrogen) atoms. The molecule has 0 saturated carbocycles. The Morgan fingerprint density at radius 1 is 1.47 bits per heavy atom. The standard InChI is InChI=1S/C12H13BrN4O2/c1-2-5-19-9-4-3-7(13)6-8(9)10-11(12(14)18)16-17-15-10/h3-4,6H,2,5H2,1H3,(H2,14,18)(H,15,16,17). The van der Waals surface area contributed by atoms with Gasteiger partial charge in [-0.1, -0.05) is 22.9 Å². The normalized spacial score (nSPS) is 10.4. The van der Waals surface area contributed by atoms with Gasteiger partial charge in [-0.05, 0) is 24.6 Å². The van der Waals surface area contributed by atoms with E-state index in [1.807, 2.05) is 25.1 Å². The maximum atomic E-state index is 11.3. The number of nitrogens with two attached hydrogens (primary N) is 1. The lowest BCUT2D eigenvalue weighted by Crippen LogP contribution is -2.13. The van der Waals surface area contributed by atoms with E-state index in [1.54, 1.807) is 0 Å². The molecular weight excluding hydrogens is 312 g/mol. The van der Waals surface area contributed by atoms with E-state index in [2.05, 4.69) is 31.3 Å². The minimum atomic E-state index is -0.634. The van der Waals surface area contributed by atoms with Crippen LogP contribution in [0.1, 0.15) is 23.8 Å². The van der Waals surface area contributed by atoms with E-state index < -0.39 is 5.91 Å². The number of aromatic nitrogens is 3. The third kappa shape index (κ3) is 2.93. The maximum absolute atomic E-state index is 11.3. The van der Waals surface area contributed by atoms with Crippen LogP contribution in [0.25, 0.3) is 11.3 Å². The predicted molar refractivity (Wildman–Crippen MR) is 73.8 cm³/mol. The number of primary amides is 1. The van der Waals surface area contributed by atoms with Crippen LogP contribution in [-0.2, 0) is 0 Å². The van der Waals surface area contributed by atoms with E-state index in [-0.39, 0.29) is 5.69 Å². The van der Waals surface area contributed by atoms with Crippen LogP contribution in [0.2, 0.25) is 0 Å². The number of amides is 1. The van der Waals surface area contributed by atoms with Crippen molar-refractivity contribution >= 4 is 21.8 Å². The van der Waals surface area contributed by atoms with Crippen LogP contribution in [0.4, 0.5) is 0 Å². The van der Waals surface area contributed by atoms with Gasteiger partial charge in [0.05, 0.1) is 6.61 Å². The minimum absolute atomic E-state index is 0.0967. The molecule has 2 aromatic rings. The minimum Gasteiger partial charge on any atom is -0.493 e. The van der Waals surface area contributed by atoms with Crippen molar-refractivity contribution in [2.75, 3.05) is 6.61 Å². The van der Waals surface area contributed by atoms with Crippen LogP contribution in [-0.4, -0.2) is 27.9 Å². The average molecular weight is 325 g/mol. The van der Waals surface area contributed by atoms with Crippen LogP contribution in [0, 0.1) is 0 Å². The van der Waals surface area contributed by atoms with Gasteiger partial charge in [-0.15, -0.1) is 0 Å². The summed E-state index contributed by atoms with van der Waals surface area (Å²) in [7, 11) is 0. The summed E-state index contributed by atoms with van der Waals surface area (Å²) in [4.78, 5) is 11.3. The zero-order valence-electron chi connectivity index (χ0n) is 10.3. The van der Waals surface area contributed by atoms with E-state index >= 15 is 0 Å². The molecule has 2 rings (SSSR count). The Morgan fingerprint density at radius 2 is 2.26 bits per heavy atom. The largest absolute Gasteiger partial charge is 0.493 e. The highest BCUT2D eigenvalue weighted by atomic mass is 79.9. The maximum Gasteiger partial charge on any atom is 0.271 e. The van der Waals surface area contributed by atoms with E-state index in [4.69, 9.17) is 10.5 Å². The van der Waals surface area contributed by atoms with Crippen molar-refractivity contribution < 1.29 is 9.53 Å². The van der Waals surface area contributed by atoms with Gasteiger partial charge in [0.1, 0.15) is 11.4 Å². The van der Waals surface area contributed by atoms with Gasteiger partial charge in [-0.2, -0.15) is 15.4 Å². The number of nitrogens with zero attached hydrogens (tertiary/aromatic N) is 2. The smallest absolute Gasteiger partial charge is 0.271 e. The van der Waals surface area contributed by atoms with E-state index in [1.165, 1.54) is 0 Å². The summed E-state index contributed by atoms with van der Waals surface area (Å²) in [5.74, 6) is 0.00613. The number of rotatable bonds is 5. The molecule has 1 aromatic heterocycles. The van der Waals surface area contributed by atoms with Crippen LogP contribution in [0.3, 0.4) is 0 Å². The molecule has 0 fully saturated rings. The van der Waals surface area contributed by atoms with Gasteiger partial charge in [-0.25, -0.2) is 0 Å². The van der Waals surface area contributed by atoms with Gasteiger partial charge in [-0.3, -0.25) is 4.79 Å². The van der Waals surface area contributed by atoms with Gasteiger partial charge < -0.3 is 10.5 Å². The molecule has 3 N–H and O–H groups in total. The first-order valence-corrected chi connectivity index (χ1v) is 6.56. The van der Waals surface area contributed by atoms with Gasteiger partial charge >= 0.3 is 0 Å². The van der Waals surface area contributed by atoms with Crippen LogP contribution in [0.15, 0.2) is 22.7 Å². The fraction of sp³-hybridized carbons (Fsp3) is 0.250. The number of nitrogens with one attached hydrogen (secondary N) is 1. The second kappa shape index (κ2) is 5.83. The van der Waals surface area contributed by atoms with Crippen molar-refractivity contribution in [1.82, 2.24) is 15.4 Å². The van der Waals surface area contributed by atoms with Gasteiger partial charge in [0.25, 0.3) is 5.91 Å². The third-order valence-corrected chi connectivity index (χ3v) is 2.93. The Kier molecular flexibility index (Phi) is 4.16. The fourth-order valence-electron chi connectivity index (χ4n) is 1.62. The molecule has 0 bridgehead atoms. The highest BCUT2D eigenvalue weighted by Crippen LogP contribution is 2.32. The topological polar surface area (TPSA) is 93.9 Å². The molecule has 7 heteroatoms. The summed E-state index contributed by atoms with van der Waals surface area (Å²) in [6.45, 7) is 2.60. The first kappa shape index (κ1) is 13.5. The molecule has 0 radical (unpaired) electrons. The third-order valence-electron chi connectivity index (χ3n) is 2.44. The lowest BCUT2D eigenvalue weighted by Gasteiger charge is -2.10. The second-order valence-corrected chi connectivity index (χ2v) is 4.79. The summed E-state index contributed by atoms with van der Waals surface area (Å²) in [6, 6.07) is 5.49. The van der Waals surface area contributed by atoms with Crippen molar-refractivity contribution in [1.29, 1.82) is 0 Å². The number of ether oxygens (including phenoxy) is 1. The lowest BCUT2D eigenvalue weighted by atomic mass is 10.1. The number of hydrogen-bond donors (Lipinski definition) is 2. The molecule has 0 spiro atoms. The fourth-order valence-corrected chi connectivity index (χ4v) is 1.98. The molecule has 100 valence electrons. The van der Waals surface area contributed by atoms with Crippen molar-refractivity contribution in [2.24, 2.45) is 5.73 Å². The van der Waals surface area contributed by atoms with Crippen molar-refractivity contribution in [3.8, 4) is 17.0 Å². The molecule has 0 unspecified atom stereocenters. The number of carbonyl (C=O) groups excluding carboxylic acids is 1. The monoisotopic (exact) mass is 324 g/mol. The Hall–Kier alpha value is -1.89. The first-order chi connectivity index (χ1) is 9.13. The molecule has 1 amide bonds. The number of benzene rings is 1. The second-order valence-electron chi connectivity index (χ2n) is 3.87. The van der Waals surface area contributed by atoms with Gasteiger partial charge in [0.2, 0.25) is 0 Å². The first-order valence-electron chi connectivity index (χ1n) is 5.76. The molecule has 0 aliphatic rings. The summed E-state index contributed by atoms with van der Waals surface area (Å²) in [5, 5.41) is 10.2. The molecule has 0 aliphatic carbocycles. The van der Waals surface area contributed by atoms with Crippen molar-refractivity contribution in [3.05, 3.63) is 28.4 Å². The molecule has 6 nitrogen and oxygen atoms in total. The van der Waals surface area contributed by atoms with Crippen LogP contribution >= 0.6 is 15.9 Å². The summed E-state index contributed by atoms with van der Waals surface area (Å²) < 4.78 is 6.50. The summed E-state index contributed by atoms with van der Waals surface area (Å²) in [5.41, 5.74) is 6.43. The highest BCUT2D eigenvalue weighted by molar-refractivity contribution is 9.10. The van der Waals surface area contributed by atoms with Crippen molar-refractivity contribution in [3.63, 3.8) is 0 Å². The summed E-state index contributed by atoms with van der Waals surface area (Å²) in [6.07, 6.45) is 0.886. The van der Waals surface area contributed by atoms with Gasteiger partial charge in [0, 0.05) is 10.0 Å². The molecule has 1 aromatic carbocycles. The Morgan fingerprint density at radius 3 is 2.95 bits per heavy atom. The highest BCUT2D eigenvalue weighted by Gasteiger charge is 2.19. The molecule has 0 aliphatic heterocycles. The number of hydrogen-bond acceptors (Lipinski definition) is 4. The number of carbonyl (C=O) groups is 1. The van der Waals surface area contributed by atoms with Crippen molar-refractivity contribution in [2.45, 2.75) is 13.3 Å². The SMILES string of the molecule is CCCOc1ccc(Br)cc1-c1n[nH]nc1C(N)=O. The van der Waals surface area contributed by atoms with Crippen LogP contribution < -0.4 is 10.5 Å². The number of aromatic amines is 1. The molecule has 0 saturated heterocycles. The molecule has 1 heterocycles. The van der Waals surface area contributed by atoms with E-state index in [0.29, 0.717) is 23.6 Å². The number of H-pyrrole nitrogens is 1. The quantitative estimate of drug-likeness (QED) is 0.880. The van der Waals surface area contributed by atoms with Gasteiger partial charge in [0.15, 0.2) is 5.69 Å². The van der Waals surface area contributed by atoms with E-state index in [0.717, 1.165) is 10.9 Å². The predicted octanol–water partition coefficient (Wildman–Crippen LogP) is 2.12. The zero-order chi connectivity index (χ0) is 13.8. The Labute approximate surface area is 118 Å². The lowest BCUT2D eigenvalue weighted by molar-refractivity contribution is 0.0996. The van der Waals surface area contributed by atoms with Crippen LogP contribution in [0.5, 0.6) is 5.75 Å². The Balaban J connectivity index is 2.50. The average Bonchev–Trinajstić information content (AvgIpc) is 2.86. The zero-order valence-corrected chi connectivity index (χ0v) is 11.9.